The molecule has 0 fully saturated rings. The topological polar surface area (TPSA) is 51.2 Å². The molecule has 2 aromatic carbocycles. The molecule has 1 atom stereocenters. The highest BCUT2D eigenvalue weighted by molar-refractivity contribution is 6.10. The van der Waals surface area contributed by atoms with Crippen molar-refractivity contribution in [2.45, 2.75) is 6.42 Å². The number of Topliss-reactive ketones (excluding diaryl/α,β-unsaturated/α-hetero) is 2. The molecule has 3 nitrogen and oxygen atoms in total. The highest BCUT2D eigenvalue weighted by Gasteiger charge is 2.24. The second-order valence-electron chi connectivity index (χ2n) is 5.69. The predicted octanol–water partition coefficient (Wildman–Crippen LogP) is 4.07. The first-order valence-corrected chi connectivity index (χ1v) is 7.75. The Balaban J connectivity index is 1.79. The van der Waals surface area contributed by atoms with Crippen LogP contribution in [0.5, 0.6) is 0 Å². The van der Waals surface area contributed by atoms with Crippen LogP contribution < -0.4 is 0 Å². The van der Waals surface area contributed by atoms with Crippen molar-refractivity contribution >= 4 is 17.9 Å². The lowest BCUT2D eigenvalue weighted by molar-refractivity contribution is 0.0940. The molecule has 0 spiro atoms. The molecule has 0 bridgehead atoms. The molecule has 0 saturated carbocycles. The lowest BCUT2D eigenvalue weighted by Gasteiger charge is -2.17. The summed E-state index contributed by atoms with van der Waals surface area (Å²) in [6, 6.07) is 15.7. The third-order valence-corrected chi connectivity index (χ3v) is 4.05. The zero-order valence-electron chi connectivity index (χ0n) is 13.0. The van der Waals surface area contributed by atoms with Crippen LogP contribution in [0.15, 0.2) is 78.4 Å². The van der Waals surface area contributed by atoms with E-state index in [1.165, 1.54) is 0 Å². The largest absolute Gasteiger partial charge is 0.298 e. The molecule has 0 amide bonds. The van der Waals surface area contributed by atoms with E-state index in [4.69, 9.17) is 0 Å². The van der Waals surface area contributed by atoms with Gasteiger partial charge >= 0.3 is 0 Å². The molecule has 0 aromatic heterocycles. The van der Waals surface area contributed by atoms with Crippen molar-refractivity contribution in [3.63, 3.8) is 0 Å². The lowest BCUT2D eigenvalue weighted by Crippen LogP contribution is -2.18. The molecule has 0 radical (unpaired) electrons. The number of ketones is 2. The van der Waals surface area contributed by atoms with Gasteiger partial charge in [-0.3, -0.25) is 14.4 Å². The minimum atomic E-state index is -0.389. The molecule has 3 heteroatoms. The Bertz CT molecular complexity index is 844. The lowest BCUT2D eigenvalue weighted by atomic mass is 9.85. The normalized spacial score (nSPS) is 16.3. The van der Waals surface area contributed by atoms with Crippen LogP contribution in [0.25, 0.3) is 0 Å². The minimum Gasteiger partial charge on any atom is -0.298 e. The number of allylic oxidation sites excluding steroid dienone is 4. The van der Waals surface area contributed by atoms with Crippen molar-refractivity contribution in [3.05, 3.63) is 95.1 Å². The first kappa shape index (κ1) is 15.8. The van der Waals surface area contributed by atoms with Gasteiger partial charge in [-0.15, -0.1) is 0 Å². The van der Waals surface area contributed by atoms with Gasteiger partial charge in [-0.1, -0.05) is 66.8 Å². The number of carbonyl (C=O) groups excluding carboxylic acids is 3. The van der Waals surface area contributed by atoms with Crippen LogP contribution in [0.3, 0.4) is 0 Å². The average Bonchev–Trinajstić information content (AvgIpc) is 2.67. The van der Waals surface area contributed by atoms with Crippen LogP contribution in [0.1, 0.15) is 37.5 Å². The van der Waals surface area contributed by atoms with Gasteiger partial charge in [-0.05, 0) is 12.5 Å². The van der Waals surface area contributed by atoms with E-state index in [2.05, 4.69) is 0 Å². The first-order valence-electron chi connectivity index (χ1n) is 7.75. The van der Waals surface area contributed by atoms with E-state index in [9.17, 15) is 14.4 Å². The predicted molar refractivity (Wildman–Crippen MR) is 92.3 cm³/mol. The van der Waals surface area contributed by atoms with Crippen LogP contribution >= 0.6 is 0 Å². The molecule has 0 saturated heterocycles. The fraction of sp³-hybridized carbons (Fsp3) is 0.0952. The van der Waals surface area contributed by atoms with Gasteiger partial charge < -0.3 is 0 Å². The van der Waals surface area contributed by atoms with E-state index in [-0.39, 0.29) is 17.5 Å². The summed E-state index contributed by atoms with van der Waals surface area (Å²) in [5.41, 5.74) is 2.20. The molecule has 1 unspecified atom stereocenters. The van der Waals surface area contributed by atoms with Crippen molar-refractivity contribution in [1.29, 1.82) is 0 Å². The van der Waals surface area contributed by atoms with E-state index in [1.54, 1.807) is 54.6 Å². The zero-order chi connectivity index (χ0) is 16.9. The maximum Gasteiger partial charge on any atom is 0.189 e. The summed E-state index contributed by atoms with van der Waals surface area (Å²) in [4.78, 5) is 36.1. The van der Waals surface area contributed by atoms with Crippen molar-refractivity contribution < 1.29 is 14.4 Å². The molecular formula is C21H16O3. The van der Waals surface area contributed by atoms with Gasteiger partial charge in [0.1, 0.15) is 6.29 Å². The van der Waals surface area contributed by atoms with Crippen molar-refractivity contribution in [2.24, 2.45) is 5.92 Å². The number of aldehydes is 1. The average molecular weight is 316 g/mol. The van der Waals surface area contributed by atoms with Gasteiger partial charge in [0.2, 0.25) is 0 Å². The van der Waals surface area contributed by atoms with Gasteiger partial charge in [0.05, 0.1) is 0 Å². The summed E-state index contributed by atoms with van der Waals surface area (Å²) in [6.07, 6.45) is 6.41. The molecule has 1 aliphatic carbocycles. The molecule has 0 N–H and O–H groups in total. The number of hydrogen-bond donors (Lipinski definition) is 0. The number of benzene rings is 2. The molecule has 24 heavy (non-hydrogen) atoms. The van der Waals surface area contributed by atoms with Crippen molar-refractivity contribution in [2.75, 3.05) is 0 Å². The van der Waals surface area contributed by atoms with E-state index in [1.807, 2.05) is 18.2 Å². The van der Waals surface area contributed by atoms with Crippen LogP contribution in [-0.4, -0.2) is 17.9 Å². The third-order valence-electron chi connectivity index (χ3n) is 4.05. The standard InChI is InChI=1S/C21H16O3/c22-14-15-6-4-9-17(12-15)21(24)19-11-5-10-18(13-19)20(23)16-7-2-1-3-8-16/h1-12,14,19H,13H2. The van der Waals surface area contributed by atoms with Gasteiger partial charge in [0.25, 0.3) is 0 Å². The SMILES string of the molecule is O=Cc1cccc(C(=O)C2C=CC=C(C(=O)c3ccccc3)C2)c1. The van der Waals surface area contributed by atoms with Gasteiger partial charge in [-0.25, -0.2) is 0 Å². The third kappa shape index (κ3) is 3.30. The Morgan fingerprint density at radius 1 is 0.958 bits per heavy atom. The zero-order valence-corrected chi connectivity index (χ0v) is 13.0. The quantitative estimate of drug-likeness (QED) is 0.617. The van der Waals surface area contributed by atoms with Crippen molar-refractivity contribution in [1.82, 2.24) is 0 Å². The highest BCUT2D eigenvalue weighted by atomic mass is 16.1. The van der Waals surface area contributed by atoms with E-state index in [0.717, 1.165) is 6.29 Å². The monoisotopic (exact) mass is 316 g/mol. The summed E-state index contributed by atoms with van der Waals surface area (Å²) in [6.45, 7) is 0. The summed E-state index contributed by atoms with van der Waals surface area (Å²) in [5.74, 6) is -0.527. The molecule has 118 valence electrons. The minimum absolute atomic E-state index is 0.0561. The van der Waals surface area contributed by atoms with Crippen LogP contribution in [0.2, 0.25) is 0 Å². The van der Waals surface area contributed by atoms with E-state index < -0.39 is 0 Å². The molecular weight excluding hydrogens is 300 g/mol. The smallest absolute Gasteiger partial charge is 0.189 e. The van der Waals surface area contributed by atoms with Gasteiger partial charge in [0.15, 0.2) is 11.6 Å². The molecule has 0 heterocycles. The highest BCUT2D eigenvalue weighted by Crippen LogP contribution is 2.25. The second-order valence-corrected chi connectivity index (χ2v) is 5.69. The Morgan fingerprint density at radius 3 is 2.46 bits per heavy atom. The molecule has 2 aromatic rings. The van der Waals surface area contributed by atoms with E-state index in [0.29, 0.717) is 28.7 Å². The van der Waals surface area contributed by atoms with Crippen molar-refractivity contribution in [3.8, 4) is 0 Å². The maximum absolute atomic E-state index is 12.7. The molecule has 0 aliphatic heterocycles. The second kappa shape index (κ2) is 7.01. The number of hydrogen-bond acceptors (Lipinski definition) is 3. The summed E-state index contributed by atoms with van der Waals surface area (Å²) in [5, 5.41) is 0. The summed E-state index contributed by atoms with van der Waals surface area (Å²) < 4.78 is 0. The summed E-state index contributed by atoms with van der Waals surface area (Å²) in [7, 11) is 0. The van der Waals surface area contributed by atoms with E-state index >= 15 is 0 Å². The fourth-order valence-electron chi connectivity index (χ4n) is 2.78. The van der Waals surface area contributed by atoms with Gasteiger partial charge in [0, 0.05) is 28.2 Å². The maximum atomic E-state index is 12.7. The van der Waals surface area contributed by atoms with Crippen LogP contribution in [0, 0.1) is 5.92 Å². The Hall–Kier alpha value is -3.07. The first-order chi connectivity index (χ1) is 11.7. The van der Waals surface area contributed by atoms with Gasteiger partial charge in [-0.2, -0.15) is 0 Å². The molecule has 1 aliphatic rings. The fourth-order valence-corrected chi connectivity index (χ4v) is 2.78. The number of rotatable bonds is 5. The Morgan fingerprint density at radius 2 is 1.71 bits per heavy atom. The Kier molecular flexibility index (Phi) is 4.62. The van der Waals surface area contributed by atoms with Crippen LogP contribution in [0.4, 0.5) is 0 Å². The van der Waals surface area contributed by atoms with Crippen LogP contribution in [-0.2, 0) is 0 Å². The number of carbonyl (C=O) groups is 3. The Labute approximate surface area is 140 Å². The summed E-state index contributed by atoms with van der Waals surface area (Å²) >= 11 is 0. The molecule has 3 rings (SSSR count).